The number of allylic oxidation sites excluding steroid dienone is 10. The first-order chi connectivity index (χ1) is 30.1. The summed E-state index contributed by atoms with van der Waals surface area (Å²) in [7, 11) is -5.07. The molecular weight excluding hydrogens is 813 g/mol. The molecule has 1 aliphatic rings. The molecule has 62 heavy (non-hydrogen) atoms. The molecular formula is C49H86O12S. The molecule has 1 heterocycles. The highest BCUT2D eigenvalue weighted by Gasteiger charge is 2.48. The van der Waals surface area contributed by atoms with Gasteiger partial charge < -0.3 is 34.3 Å². The van der Waals surface area contributed by atoms with Crippen molar-refractivity contribution in [3.63, 3.8) is 0 Å². The first kappa shape index (κ1) is 57.8. The Labute approximate surface area is 376 Å². The third-order valence-corrected chi connectivity index (χ3v) is 11.1. The summed E-state index contributed by atoms with van der Waals surface area (Å²) in [6.45, 7) is 3.84. The largest absolute Gasteiger partial charge is 0.457 e. The smallest absolute Gasteiger partial charge is 0.397 e. The fourth-order valence-corrected chi connectivity index (χ4v) is 7.56. The van der Waals surface area contributed by atoms with Crippen LogP contribution < -0.4 is 0 Å². The van der Waals surface area contributed by atoms with Gasteiger partial charge in [-0.2, -0.15) is 8.42 Å². The van der Waals surface area contributed by atoms with Gasteiger partial charge in [0.1, 0.15) is 30.5 Å². The molecule has 6 atom stereocenters. The monoisotopic (exact) mass is 899 g/mol. The van der Waals surface area contributed by atoms with Crippen molar-refractivity contribution in [2.24, 2.45) is 0 Å². The van der Waals surface area contributed by atoms with Crippen molar-refractivity contribution >= 4 is 16.4 Å². The minimum Gasteiger partial charge on any atom is -0.457 e. The van der Waals surface area contributed by atoms with Crippen LogP contribution in [0.25, 0.3) is 0 Å². The average Bonchev–Trinajstić information content (AvgIpc) is 3.24. The molecule has 1 rings (SSSR count). The highest BCUT2D eigenvalue weighted by molar-refractivity contribution is 7.80. The van der Waals surface area contributed by atoms with Crippen molar-refractivity contribution in [3.8, 4) is 0 Å². The lowest BCUT2D eigenvalue weighted by molar-refractivity contribution is -0.301. The molecule has 1 aliphatic heterocycles. The fourth-order valence-electron chi connectivity index (χ4n) is 7.05. The Bertz CT molecular complexity index is 1310. The Hall–Kier alpha value is -2.20. The Morgan fingerprint density at radius 1 is 0.629 bits per heavy atom. The van der Waals surface area contributed by atoms with Crippen molar-refractivity contribution in [1.29, 1.82) is 0 Å². The van der Waals surface area contributed by atoms with E-state index in [1.54, 1.807) is 0 Å². The lowest BCUT2D eigenvalue weighted by Crippen LogP contribution is -2.60. The molecule has 0 aromatic heterocycles. The van der Waals surface area contributed by atoms with Crippen molar-refractivity contribution in [2.75, 3.05) is 26.4 Å². The maximum atomic E-state index is 12.8. The summed E-state index contributed by atoms with van der Waals surface area (Å²) in [4.78, 5) is 12.8. The van der Waals surface area contributed by atoms with E-state index in [4.69, 9.17) is 23.5 Å². The summed E-state index contributed by atoms with van der Waals surface area (Å²) in [6, 6.07) is 0. The topological polar surface area (TPSA) is 178 Å². The Balaban J connectivity index is 2.39. The molecule has 0 spiro atoms. The maximum absolute atomic E-state index is 12.8. The predicted octanol–water partition coefficient (Wildman–Crippen LogP) is 10.5. The molecule has 1 saturated heterocycles. The van der Waals surface area contributed by atoms with Crippen LogP contribution in [0.2, 0.25) is 0 Å². The van der Waals surface area contributed by atoms with E-state index in [2.05, 4.69) is 78.8 Å². The van der Waals surface area contributed by atoms with Crippen LogP contribution in [0.1, 0.15) is 181 Å². The number of aliphatic hydroxyl groups is 3. The van der Waals surface area contributed by atoms with Gasteiger partial charge >= 0.3 is 16.4 Å². The second-order valence-electron chi connectivity index (χ2n) is 16.3. The van der Waals surface area contributed by atoms with Gasteiger partial charge in [-0.25, -0.2) is 4.18 Å². The minimum atomic E-state index is -5.07. The summed E-state index contributed by atoms with van der Waals surface area (Å²) < 4.78 is 59.1. The van der Waals surface area contributed by atoms with E-state index in [1.807, 2.05) is 0 Å². The van der Waals surface area contributed by atoms with Crippen molar-refractivity contribution in [2.45, 2.75) is 218 Å². The zero-order valence-electron chi connectivity index (χ0n) is 38.4. The molecule has 0 aromatic carbocycles. The Kier molecular flexibility index (Phi) is 37.6. The maximum Gasteiger partial charge on any atom is 0.397 e. The van der Waals surface area contributed by atoms with Gasteiger partial charge in [0.05, 0.1) is 19.8 Å². The normalized spacial score (nSPS) is 20.5. The molecule has 13 heteroatoms. The van der Waals surface area contributed by atoms with Gasteiger partial charge in [-0.1, -0.05) is 177 Å². The highest BCUT2D eigenvalue weighted by atomic mass is 32.3. The van der Waals surface area contributed by atoms with Crippen LogP contribution in [-0.4, -0.2) is 97.5 Å². The Morgan fingerprint density at radius 3 is 1.63 bits per heavy atom. The lowest BCUT2D eigenvalue weighted by Gasteiger charge is -2.41. The van der Waals surface area contributed by atoms with Gasteiger partial charge in [0.25, 0.3) is 0 Å². The van der Waals surface area contributed by atoms with Crippen molar-refractivity contribution in [1.82, 2.24) is 0 Å². The number of unbranched alkanes of at least 4 members (excludes halogenated alkanes) is 18. The summed E-state index contributed by atoms with van der Waals surface area (Å²) in [5.41, 5.74) is 0. The van der Waals surface area contributed by atoms with Gasteiger partial charge in [-0.3, -0.25) is 9.35 Å². The molecule has 6 unspecified atom stereocenters. The number of rotatable bonds is 41. The number of esters is 1. The molecule has 0 radical (unpaired) electrons. The summed E-state index contributed by atoms with van der Waals surface area (Å²) in [5.74, 6) is -0.406. The Morgan fingerprint density at radius 2 is 1.11 bits per heavy atom. The first-order valence-corrected chi connectivity index (χ1v) is 25.4. The number of carbonyl (C=O) groups is 1. The summed E-state index contributed by atoms with van der Waals surface area (Å²) in [5, 5.41) is 30.7. The predicted molar refractivity (Wildman–Crippen MR) is 248 cm³/mol. The van der Waals surface area contributed by atoms with Crippen LogP contribution in [0.4, 0.5) is 0 Å². The molecule has 12 nitrogen and oxygen atoms in total. The third kappa shape index (κ3) is 33.3. The molecule has 0 saturated carbocycles. The second-order valence-corrected chi connectivity index (χ2v) is 17.4. The number of hydrogen-bond donors (Lipinski definition) is 4. The molecule has 0 aromatic rings. The van der Waals surface area contributed by atoms with Crippen LogP contribution in [0.5, 0.6) is 0 Å². The third-order valence-electron chi connectivity index (χ3n) is 10.7. The van der Waals surface area contributed by atoms with Crippen molar-refractivity contribution in [3.05, 3.63) is 60.8 Å². The van der Waals surface area contributed by atoms with E-state index in [-0.39, 0.29) is 19.6 Å². The SMILES string of the molecule is CC/C=C\C/C=C\C/C=C\C/C=C\C/C=C\CCCCCCCCOCC(COC1OC(CO)C(O)C(OS(=O)(=O)O)C1O)OC(=O)CCCCCCCCCCCCCCC. The van der Waals surface area contributed by atoms with Gasteiger partial charge in [-0.15, -0.1) is 0 Å². The van der Waals surface area contributed by atoms with Crippen LogP contribution in [-0.2, 0) is 38.3 Å². The van der Waals surface area contributed by atoms with E-state index < -0.39 is 59.8 Å². The van der Waals surface area contributed by atoms with Crippen LogP contribution in [0.3, 0.4) is 0 Å². The van der Waals surface area contributed by atoms with Gasteiger partial charge in [0, 0.05) is 13.0 Å². The lowest BCUT2D eigenvalue weighted by atomic mass is 9.99. The van der Waals surface area contributed by atoms with E-state index in [0.717, 1.165) is 89.9 Å². The number of hydrogen-bond acceptors (Lipinski definition) is 11. The van der Waals surface area contributed by atoms with E-state index in [9.17, 15) is 28.5 Å². The van der Waals surface area contributed by atoms with Crippen LogP contribution >= 0.6 is 0 Å². The number of aliphatic hydroxyl groups excluding tert-OH is 3. The van der Waals surface area contributed by atoms with Crippen LogP contribution in [0.15, 0.2) is 60.8 Å². The summed E-state index contributed by atoms with van der Waals surface area (Å²) >= 11 is 0. The fraction of sp³-hybridized carbons (Fsp3) is 0.776. The van der Waals surface area contributed by atoms with E-state index in [1.165, 1.54) is 64.2 Å². The molecule has 0 amide bonds. The molecule has 0 aliphatic carbocycles. The molecule has 360 valence electrons. The molecule has 4 N–H and O–H groups in total. The number of carbonyl (C=O) groups excluding carboxylic acids is 1. The van der Waals surface area contributed by atoms with E-state index >= 15 is 0 Å². The quantitative estimate of drug-likeness (QED) is 0.0198. The van der Waals surface area contributed by atoms with Crippen molar-refractivity contribution < 1.29 is 56.2 Å². The van der Waals surface area contributed by atoms with Gasteiger partial charge in [-0.05, 0) is 57.8 Å². The second kappa shape index (κ2) is 40.3. The van der Waals surface area contributed by atoms with Gasteiger partial charge in [0.2, 0.25) is 0 Å². The van der Waals surface area contributed by atoms with Crippen LogP contribution in [0, 0.1) is 0 Å². The zero-order chi connectivity index (χ0) is 45.4. The van der Waals surface area contributed by atoms with Gasteiger partial charge in [0.15, 0.2) is 6.29 Å². The molecule has 1 fully saturated rings. The minimum absolute atomic E-state index is 0.0252. The summed E-state index contributed by atoms with van der Waals surface area (Å²) in [6.07, 6.45) is 41.1. The van der Waals surface area contributed by atoms with E-state index in [0.29, 0.717) is 13.0 Å². The standard InChI is InChI=1S/C49H86O12S/c1-3-5-7-9-11-13-15-17-18-19-20-21-22-23-24-25-27-29-31-33-35-37-39-57-41-43(42-58-49-47(53)48(61-62(54,55)56)46(52)44(40-50)60-49)59-45(51)38-36-34-32-30-28-26-16-14-12-10-8-6-4-2/h5,7,11,13,17-18,20-21,23-24,43-44,46-50,52-53H,3-4,6,8-10,12,14-16,19,22,25-42H2,1-2H3,(H,54,55,56)/b7-5-,13-11-,18-17-,21-20-,24-23-. The molecule has 0 bridgehead atoms. The number of ether oxygens (including phenoxy) is 4. The highest BCUT2D eigenvalue weighted by Crippen LogP contribution is 2.26. The first-order valence-electron chi connectivity index (χ1n) is 24.0. The average molecular weight is 899 g/mol. The zero-order valence-corrected chi connectivity index (χ0v) is 39.2.